The monoisotopic (exact) mass is 307 g/mol. The van der Waals surface area contributed by atoms with E-state index in [4.69, 9.17) is 34.3 Å². The third kappa shape index (κ3) is 3.44. The van der Waals surface area contributed by atoms with E-state index in [-0.39, 0.29) is 5.84 Å². The summed E-state index contributed by atoms with van der Waals surface area (Å²) in [5.41, 5.74) is 8.19. The van der Waals surface area contributed by atoms with E-state index in [1.54, 1.807) is 12.1 Å². The van der Waals surface area contributed by atoms with Crippen LogP contribution in [0.2, 0.25) is 10.0 Å². The van der Waals surface area contributed by atoms with Gasteiger partial charge in [-0.05, 0) is 35.9 Å². The summed E-state index contributed by atoms with van der Waals surface area (Å²) in [5, 5.41) is 8.92. The lowest BCUT2D eigenvalue weighted by Crippen LogP contribution is -2.22. The molecule has 0 radical (unpaired) electrons. The van der Waals surface area contributed by atoms with Crippen LogP contribution in [0.4, 0.5) is 5.69 Å². The molecule has 0 unspecified atom stereocenters. The summed E-state index contributed by atoms with van der Waals surface area (Å²) in [6.45, 7) is 0.669. The zero-order chi connectivity index (χ0) is 14.7. The quantitative estimate of drug-likeness (QED) is 0.664. The Kier molecular flexibility index (Phi) is 4.53. The Morgan fingerprint density at radius 3 is 2.50 bits per heavy atom. The van der Waals surface area contributed by atoms with E-state index in [1.807, 2.05) is 42.3 Å². The van der Waals surface area contributed by atoms with E-state index in [9.17, 15) is 0 Å². The average molecular weight is 308 g/mol. The molecule has 0 saturated heterocycles. The molecular formula is C15H15Cl2N3. The van der Waals surface area contributed by atoms with Crippen LogP contribution < -0.4 is 10.6 Å². The van der Waals surface area contributed by atoms with Crippen molar-refractivity contribution in [2.45, 2.75) is 6.54 Å². The van der Waals surface area contributed by atoms with Crippen LogP contribution in [0.25, 0.3) is 0 Å². The second-order valence-corrected chi connectivity index (χ2v) is 5.43. The summed E-state index contributed by atoms with van der Waals surface area (Å²) in [4.78, 5) is 2.01. The predicted molar refractivity (Wildman–Crippen MR) is 86.0 cm³/mol. The van der Waals surface area contributed by atoms with Crippen LogP contribution in [0.3, 0.4) is 0 Å². The SMILES string of the molecule is CN(Cc1cccc(Cl)c1)c1ccc(Cl)cc1C(=N)N. The number of hydrogen-bond donors (Lipinski definition) is 2. The molecule has 2 aromatic carbocycles. The normalized spacial score (nSPS) is 10.3. The van der Waals surface area contributed by atoms with Crippen molar-refractivity contribution in [2.24, 2.45) is 5.73 Å². The Labute approximate surface area is 128 Å². The molecule has 0 amide bonds. The predicted octanol–water partition coefficient (Wildman–Crippen LogP) is 3.91. The molecule has 0 spiro atoms. The van der Waals surface area contributed by atoms with Gasteiger partial charge in [0.25, 0.3) is 0 Å². The van der Waals surface area contributed by atoms with E-state index in [1.165, 1.54) is 0 Å². The number of halogens is 2. The summed E-state index contributed by atoms with van der Waals surface area (Å²) in [6.07, 6.45) is 0. The third-order valence-electron chi connectivity index (χ3n) is 2.97. The van der Waals surface area contributed by atoms with Crippen molar-refractivity contribution in [3.05, 3.63) is 63.6 Å². The second-order valence-electron chi connectivity index (χ2n) is 4.56. The maximum absolute atomic E-state index is 7.65. The Hall–Kier alpha value is -1.71. The van der Waals surface area contributed by atoms with Crippen molar-refractivity contribution >= 4 is 34.7 Å². The van der Waals surface area contributed by atoms with Crippen molar-refractivity contribution in [1.82, 2.24) is 0 Å². The van der Waals surface area contributed by atoms with Gasteiger partial charge in [0, 0.05) is 34.9 Å². The van der Waals surface area contributed by atoms with Crippen LogP contribution >= 0.6 is 23.2 Å². The minimum atomic E-state index is 0.000411. The summed E-state index contributed by atoms with van der Waals surface area (Å²) in [7, 11) is 1.94. The van der Waals surface area contributed by atoms with Gasteiger partial charge in [0.2, 0.25) is 0 Å². The average Bonchev–Trinajstić information content (AvgIpc) is 2.38. The standard InChI is InChI=1S/C15H15Cl2N3/c1-20(9-10-3-2-4-11(16)7-10)14-6-5-12(17)8-13(14)15(18)19/h2-8H,9H2,1H3,(H3,18,19). The van der Waals surface area contributed by atoms with Crippen LogP contribution in [-0.4, -0.2) is 12.9 Å². The lowest BCUT2D eigenvalue weighted by molar-refractivity contribution is 0.921. The maximum atomic E-state index is 7.65. The van der Waals surface area contributed by atoms with E-state index in [0.717, 1.165) is 11.3 Å². The molecule has 0 heterocycles. The fourth-order valence-corrected chi connectivity index (χ4v) is 2.44. The molecule has 3 N–H and O–H groups in total. The van der Waals surface area contributed by atoms with E-state index in [0.29, 0.717) is 22.2 Å². The number of benzene rings is 2. The van der Waals surface area contributed by atoms with Crippen LogP contribution in [-0.2, 0) is 6.54 Å². The van der Waals surface area contributed by atoms with Crippen LogP contribution in [0.1, 0.15) is 11.1 Å². The summed E-state index contributed by atoms with van der Waals surface area (Å²) in [6, 6.07) is 13.0. The summed E-state index contributed by atoms with van der Waals surface area (Å²) in [5.74, 6) is 0.000411. The number of anilines is 1. The largest absolute Gasteiger partial charge is 0.384 e. The van der Waals surface area contributed by atoms with Crippen molar-refractivity contribution < 1.29 is 0 Å². The Morgan fingerprint density at radius 1 is 1.15 bits per heavy atom. The topological polar surface area (TPSA) is 53.1 Å². The number of amidine groups is 1. The first-order valence-corrected chi connectivity index (χ1v) is 6.82. The third-order valence-corrected chi connectivity index (χ3v) is 3.44. The van der Waals surface area contributed by atoms with Gasteiger partial charge < -0.3 is 10.6 Å². The highest BCUT2D eigenvalue weighted by Crippen LogP contribution is 2.25. The molecule has 0 aliphatic heterocycles. The molecule has 2 rings (SSSR count). The molecule has 0 aromatic heterocycles. The molecule has 0 saturated carbocycles. The van der Waals surface area contributed by atoms with Crippen LogP contribution in [0.15, 0.2) is 42.5 Å². The van der Waals surface area contributed by atoms with E-state index in [2.05, 4.69) is 0 Å². The molecule has 0 fully saturated rings. The molecule has 0 aliphatic rings. The number of nitrogens with two attached hydrogens (primary N) is 1. The lowest BCUT2D eigenvalue weighted by Gasteiger charge is -2.22. The van der Waals surface area contributed by atoms with Gasteiger partial charge in [-0.2, -0.15) is 0 Å². The molecular weight excluding hydrogens is 293 g/mol. The molecule has 0 aliphatic carbocycles. The molecule has 104 valence electrons. The fourth-order valence-electron chi connectivity index (χ4n) is 2.05. The Balaban J connectivity index is 2.29. The molecule has 0 atom stereocenters. The molecule has 20 heavy (non-hydrogen) atoms. The maximum Gasteiger partial charge on any atom is 0.124 e. The first-order chi connectivity index (χ1) is 9.47. The lowest BCUT2D eigenvalue weighted by atomic mass is 10.1. The number of nitrogen functional groups attached to an aromatic ring is 1. The van der Waals surface area contributed by atoms with Crippen molar-refractivity contribution in [2.75, 3.05) is 11.9 Å². The molecule has 5 heteroatoms. The van der Waals surface area contributed by atoms with E-state index >= 15 is 0 Å². The number of nitrogens with one attached hydrogen (secondary N) is 1. The molecule has 0 bridgehead atoms. The smallest absolute Gasteiger partial charge is 0.124 e. The van der Waals surface area contributed by atoms with Gasteiger partial charge in [0.05, 0.1) is 0 Å². The van der Waals surface area contributed by atoms with E-state index < -0.39 is 0 Å². The van der Waals surface area contributed by atoms with Crippen LogP contribution in [0.5, 0.6) is 0 Å². The molecule has 2 aromatic rings. The highest BCUT2D eigenvalue weighted by Gasteiger charge is 2.11. The fraction of sp³-hybridized carbons (Fsp3) is 0.133. The summed E-state index contributed by atoms with van der Waals surface area (Å²) < 4.78 is 0. The highest BCUT2D eigenvalue weighted by atomic mass is 35.5. The number of hydrogen-bond acceptors (Lipinski definition) is 2. The summed E-state index contributed by atoms with van der Waals surface area (Å²) >= 11 is 11.9. The zero-order valence-corrected chi connectivity index (χ0v) is 12.5. The van der Waals surface area contributed by atoms with Crippen LogP contribution in [0, 0.1) is 5.41 Å². The minimum Gasteiger partial charge on any atom is -0.384 e. The van der Waals surface area contributed by atoms with Gasteiger partial charge in [-0.15, -0.1) is 0 Å². The number of rotatable bonds is 4. The highest BCUT2D eigenvalue weighted by molar-refractivity contribution is 6.31. The van der Waals surface area contributed by atoms with Gasteiger partial charge in [-0.25, -0.2) is 0 Å². The van der Waals surface area contributed by atoms with Gasteiger partial charge in [-0.1, -0.05) is 35.3 Å². The minimum absolute atomic E-state index is 0.000411. The second kappa shape index (κ2) is 6.16. The van der Waals surface area contributed by atoms with Gasteiger partial charge in [0.15, 0.2) is 0 Å². The Morgan fingerprint density at radius 2 is 1.85 bits per heavy atom. The van der Waals surface area contributed by atoms with Crippen molar-refractivity contribution in [1.29, 1.82) is 5.41 Å². The zero-order valence-electron chi connectivity index (χ0n) is 11.0. The van der Waals surface area contributed by atoms with Gasteiger partial charge >= 0.3 is 0 Å². The first-order valence-electron chi connectivity index (χ1n) is 6.07. The number of nitrogens with zero attached hydrogens (tertiary/aromatic N) is 1. The Bertz CT molecular complexity index is 641. The van der Waals surface area contributed by atoms with Gasteiger partial charge in [0.1, 0.15) is 5.84 Å². The first kappa shape index (κ1) is 14.7. The molecule has 3 nitrogen and oxygen atoms in total. The van der Waals surface area contributed by atoms with Gasteiger partial charge in [-0.3, -0.25) is 5.41 Å². The van der Waals surface area contributed by atoms with Crippen molar-refractivity contribution in [3.8, 4) is 0 Å². The van der Waals surface area contributed by atoms with Crippen molar-refractivity contribution in [3.63, 3.8) is 0 Å².